The predicted molar refractivity (Wildman–Crippen MR) is 61.7 cm³/mol. The highest BCUT2D eigenvalue weighted by Gasteiger charge is 2.21. The average molecular weight is 205 g/mol. The fraction of sp³-hybridized carbons (Fsp3) is 0.538. The molecular weight excluding hydrogens is 186 g/mol. The fourth-order valence-electron chi connectivity index (χ4n) is 2.14. The van der Waals surface area contributed by atoms with Crippen LogP contribution in [0.2, 0.25) is 0 Å². The van der Waals surface area contributed by atoms with Gasteiger partial charge in [0.2, 0.25) is 0 Å². The molecule has 1 saturated heterocycles. The molecule has 1 aliphatic rings. The molecule has 1 fully saturated rings. The Morgan fingerprint density at radius 3 is 2.40 bits per heavy atom. The molecule has 1 heterocycles. The van der Waals surface area contributed by atoms with E-state index in [0.29, 0.717) is 5.92 Å². The Morgan fingerprint density at radius 1 is 1.20 bits per heavy atom. The summed E-state index contributed by atoms with van der Waals surface area (Å²) in [5.41, 5.74) is 8.81. The molecule has 0 aromatic heterocycles. The van der Waals surface area contributed by atoms with Crippen molar-refractivity contribution >= 4 is 0 Å². The number of hydrogen-bond acceptors (Lipinski definition) is 2. The van der Waals surface area contributed by atoms with Crippen molar-refractivity contribution in [1.82, 2.24) is 0 Å². The Hall–Kier alpha value is -0.860. The first-order valence-electron chi connectivity index (χ1n) is 5.67. The van der Waals surface area contributed by atoms with Crippen LogP contribution in [0.3, 0.4) is 0 Å². The smallest absolute Gasteiger partial charge is 0.0469 e. The standard InChI is InChI=1S/C13H19NO/c1-10-2-4-11(5-3-10)13(14)12-6-8-15-9-7-12/h2-5,12-13H,6-9,14H2,1H3/t13-/m0/s1. The van der Waals surface area contributed by atoms with E-state index in [9.17, 15) is 0 Å². The molecule has 0 aliphatic carbocycles. The molecule has 0 unspecified atom stereocenters. The lowest BCUT2D eigenvalue weighted by Gasteiger charge is -2.27. The number of ether oxygens (including phenoxy) is 1. The summed E-state index contributed by atoms with van der Waals surface area (Å²) >= 11 is 0. The second kappa shape index (κ2) is 4.77. The highest BCUT2D eigenvalue weighted by molar-refractivity contribution is 5.24. The van der Waals surface area contributed by atoms with Crippen LogP contribution in [0.4, 0.5) is 0 Å². The van der Waals surface area contributed by atoms with E-state index in [1.54, 1.807) is 0 Å². The van der Waals surface area contributed by atoms with Crippen LogP contribution in [0.1, 0.15) is 30.0 Å². The van der Waals surface area contributed by atoms with Crippen LogP contribution >= 0.6 is 0 Å². The quantitative estimate of drug-likeness (QED) is 0.804. The number of nitrogens with two attached hydrogens (primary N) is 1. The second-order valence-electron chi connectivity index (χ2n) is 4.39. The van der Waals surface area contributed by atoms with Crippen molar-refractivity contribution in [2.75, 3.05) is 13.2 Å². The molecule has 0 spiro atoms. The van der Waals surface area contributed by atoms with Gasteiger partial charge < -0.3 is 10.5 Å². The van der Waals surface area contributed by atoms with E-state index < -0.39 is 0 Å². The monoisotopic (exact) mass is 205 g/mol. The zero-order valence-electron chi connectivity index (χ0n) is 9.28. The first kappa shape index (κ1) is 10.7. The highest BCUT2D eigenvalue weighted by Crippen LogP contribution is 2.27. The first-order valence-corrected chi connectivity index (χ1v) is 5.67. The molecule has 2 N–H and O–H groups in total. The van der Waals surface area contributed by atoms with Crippen molar-refractivity contribution in [2.24, 2.45) is 11.7 Å². The van der Waals surface area contributed by atoms with E-state index >= 15 is 0 Å². The third-order valence-corrected chi connectivity index (χ3v) is 3.24. The van der Waals surface area contributed by atoms with Gasteiger partial charge in [-0.1, -0.05) is 29.8 Å². The lowest BCUT2D eigenvalue weighted by molar-refractivity contribution is 0.0584. The van der Waals surface area contributed by atoms with Crippen molar-refractivity contribution in [3.8, 4) is 0 Å². The number of benzene rings is 1. The molecule has 0 amide bonds. The van der Waals surface area contributed by atoms with Gasteiger partial charge >= 0.3 is 0 Å². The lowest BCUT2D eigenvalue weighted by atomic mass is 9.87. The van der Waals surface area contributed by atoms with Crippen LogP contribution in [0.5, 0.6) is 0 Å². The normalized spacial score (nSPS) is 20.1. The minimum atomic E-state index is 0.175. The Balaban J connectivity index is 2.05. The maximum Gasteiger partial charge on any atom is 0.0469 e. The second-order valence-corrected chi connectivity index (χ2v) is 4.39. The van der Waals surface area contributed by atoms with Crippen LogP contribution in [0.25, 0.3) is 0 Å². The number of hydrogen-bond donors (Lipinski definition) is 1. The summed E-state index contributed by atoms with van der Waals surface area (Å²) in [6, 6.07) is 8.74. The van der Waals surface area contributed by atoms with Crippen LogP contribution in [-0.2, 0) is 4.74 Å². The zero-order chi connectivity index (χ0) is 10.7. The van der Waals surface area contributed by atoms with E-state index in [0.717, 1.165) is 26.1 Å². The van der Waals surface area contributed by atoms with Gasteiger partial charge in [-0.15, -0.1) is 0 Å². The molecular formula is C13H19NO. The lowest BCUT2D eigenvalue weighted by Crippen LogP contribution is -2.27. The van der Waals surface area contributed by atoms with Crippen LogP contribution in [0, 0.1) is 12.8 Å². The molecule has 0 saturated carbocycles. The van der Waals surface area contributed by atoms with Gasteiger partial charge in [-0.2, -0.15) is 0 Å². The summed E-state index contributed by atoms with van der Waals surface area (Å²) in [6.45, 7) is 3.83. The Kier molecular flexibility index (Phi) is 3.39. The minimum absolute atomic E-state index is 0.175. The molecule has 0 bridgehead atoms. The SMILES string of the molecule is Cc1ccc([C@H](N)C2CCOCC2)cc1. The summed E-state index contributed by atoms with van der Waals surface area (Å²) in [4.78, 5) is 0. The summed E-state index contributed by atoms with van der Waals surface area (Å²) in [5, 5.41) is 0. The van der Waals surface area contributed by atoms with Crippen LogP contribution < -0.4 is 5.73 Å². The maximum atomic E-state index is 6.26. The molecule has 82 valence electrons. The van der Waals surface area contributed by atoms with Crippen molar-refractivity contribution < 1.29 is 4.74 Å². The van der Waals surface area contributed by atoms with Gasteiger partial charge in [0.05, 0.1) is 0 Å². The summed E-state index contributed by atoms with van der Waals surface area (Å²) in [6.07, 6.45) is 2.18. The van der Waals surface area contributed by atoms with E-state index in [1.165, 1.54) is 11.1 Å². The summed E-state index contributed by atoms with van der Waals surface area (Å²) < 4.78 is 5.35. The largest absolute Gasteiger partial charge is 0.381 e. The molecule has 15 heavy (non-hydrogen) atoms. The summed E-state index contributed by atoms with van der Waals surface area (Å²) in [7, 11) is 0. The molecule has 1 aliphatic heterocycles. The fourth-order valence-corrected chi connectivity index (χ4v) is 2.14. The molecule has 2 heteroatoms. The molecule has 1 aromatic carbocycles. The van der Waals surface area contributed by atoms with Crippen molar-refractivity contribution in [2.45, 2.75) is 25.8 Å². The van der Waals surface area contributed by atoms with Crippen molar-refractivity contribution in [3.63, 3.8) is 0 Å². The third-order valence-electron chi connectivity index (χ3n) is 3.24. The van der Waals surface area contributed by atoms with Gasteiger partial charge in [-0.05, 0) is 31.2 Å². The molecule has 0 radical (unpaired) electrons. The Labute approximate surface area is 91.4 Å². The predicted octanol–water partition coefficient (Wildman–Crippen LogP) is 2.42. The molecule has 1 aromatic rings. The van der Waals surface area contributed by atoms with E-state index in [2.05, 4.69) is 31.2 Å². The highest BCUT2D eigenvalue weighted by atomic mass is 16.5. The number of aryl methyl sites for hydroxylation is 1. The van der Waals surface area contributed by atoms with E-state index in [-0.39, 0.29) is 6.04 Å². The molecule has 2 nitrogen and oxygen atoms in total. The molecule has 2 rings (SSSR count). The minimum Gasteiger partial charge on any atom is -0.381 e. The van der Waals surface area contributed by atoms with Crippen LogP contribution in [-0.4, -0.2) is 13.2 Å². The van der Waals surface area contributed by atoms with E-state index in [1.807, 2.05) is 0 Å². The van der Waals surface area contributed by atoms with Gasteiger partial charge in [-0.25, -0.2) is 0 Å². The average Bonchev–Trinajstić information content (AvgIpc) is 2.30. The van der Waals surface area contributed by atoms with Crippen LogP contribution in [0.15, 0.2) is 24.3 Å². The maximum absolute atomic E-state index is 6.26. The van der Waals surface area contributed by atoms with Crippen molar-refractivity contribution in [1.29, 1.82) is 0 Å². The first-order chi connectivity index (χ1) is 7.27. The topological polar surface area (TPSA) is 35.2 Å². The van der Waals surface area contributed by atoms with Gasteiger partial charge in [0.15, 0.2) is 0 Å². The zero-order valence-corrected chi connectivity index (χ0v) is 9.28. The van der Waals surface area contributed by atoms with Gasteiger partial charge in [0.25, 0.3) is 0 Å². The van der Waals surface area contributed by atoms with Gasteiger partial charge in [0.1, 0.15) is 0 Å². The Bertz CT molecular complexity index is 301. The summed E-state index contributed by atoms with van der Waals surface area (Å²) in [5.74, 6) is 0.585. The number of rotatable bonds is 2. The van der Waals surface area contributed by atoms with Gasteiger partial charge in [0, 0.05) is 19.3 Å². The van der Waals surface area contributed by atoms with Gasteiger partial charge in [-0.3, -0.25) is 0 Å². The third kappa shape index (κ3) is 2.58. The Morgan fingerprint density at radius 2 is 1.80 bits per heavy atom. The molecule has 1 atom stereocenters. The van der Waals surface area contributed by atoms with Crippen molar-refractivity contribution in [3.05, 3.63) is 35.4 Å². The van der Waals surface area contributed by atoms with E-state index in [4.69, 9.17) is 10.5 Å².